The van der Waals surface area contributed by atoms with Crippen molar-refractivity contribution in [3.8, 4) is 57.3 Å². The Morgan fingerprint density at radius 3 is 2.19 bits per heavy atom. The van der Waals surface area contributed by atoms with Crippen LogP contribution in [0.25, 0.3) is 22.3 Å². The topological polar surface area (TPSA) is 257 Å². The van der Waals surface area contributed by atoms with E-state index < -0.39 is 105 Å². The van der Waals surface area contributed by atoms with E-state index in [-0.39, 0.29) is 11.1 Å². The highest BCUT2D eigenvalue weighted by Gasteiger charge is 2.44. The number of hydrogen-bond donors (Lipinski definition) is 9. The molecule has 2 heterocycles. The van der Waals surface area contributed by atoms with Gasteiger partial charge in [0.2, 0.25) is 17.5 Å². The van der Waals surface area contributed by atoms with Crippen molar-refractivity contribution >= 4 is 16.9 Å². The van der Waals surface area contributed by atoms with Crippen molar-refractivity contribution in [2.75, 3.05) is 6.61 Å². The first-order chi connectivity index (χ1) is 19.8. The maximum Gasteiger partial charge on any atom is 0.339 e. The molecular formula is C27H22O15. The van der Waals surface area contributed by atoms with E-state index in [0.29, 0.717) is 0 Å². The minimum absolute atomic E-state index is 0.0397. The third kappa shape index (κ3) is 4.98. The smallest absolute Gasteiger partial charge is 0.339 e. The van der Waals surface area contributed by atoms with Gasteiger partial charge in [-0.15, -0.1) is 0 Å². The lowest BCUT2D eigenvalue weighted by Gasteiger charge is -2.37. The molecule has 1 unspecified atom stereocenters. The summed E-state index contributed by atoms with van der Waals surface area (Å²) in [6.07, 6.45) is -7.14. The molecule has 1 aliphatic heterocycles. The van der Waals surface area contributed by atoms with E-state index in [2.05, 4.69) is 0 Å². The van der Waals surface area contributed by atoms with Crippen LogP contribution in [0.4, 0.5) is 0 Å². The molecule has 4 atom stereocenters. The van der Waals surface area contributed by atoms with Gasteiger partial charge in [-0.25, -0.2) is 4.79 Å². The van der Waals surface area contributed by atoms with Crippen LogP contribution in [-0.2, 0) is 9.47 Å². The lowest BCUT2D eigenvalue weighted by Crippen LogP contribution is -2.56. The number of rotatable bonds is 5. The number of aromatic hydroxyl groups is 7. The molecule has 220 valence electrons. The zero-order valence-electron chi connectivity index (χ0n) is 21.0. The van der Waals surface area contributed by atoms with Crippen LogP contribution in [0.2, 0.25) is 0 Å². The number of carbonyl (C=O) groups is 1. The number of benzene rings is 3. The molecule has 3 aromatic carbocycles. The van der Waals surface area contributed by atoms with E-state index >= 15 is 0 Å². The summed E-state index contributed by atoms with van der Waals surface area (Å²) in [5, 5.41) is 89.4. The first kappa shape index (κ1) is 28.2. The minimum atomic E-state index is -1.86. The minimum Gasteiger partial charge on any atom is -0.508 e. The van der Waals surface area contributed by atoms with E-state index in [1.54, 1.807) is 0 Å². The van der Waals surface area contributed by atoms with Gasteiger partial charge < -0.3 is 64.6 Å². The number of esters is 1. The Labute approximate surface area is 233 Å². The molecule has 9 N–H and O–H groups in total. The number of aliphatic hydroxyl groups is 2. The molecular weight excluding hydrogens is 564 g/mol. The Hall–Kier alpha value is -5.38. The predicted molar refractivity (Wildman–Crippen MR) is 138 cm³/mol. The molecule has 4 aromatic rings. The van der Waals surface area contributed by atoms with E-state index in [9.17, 15) is 55.5 Å². The number of carbonyl (C=O) groups excluding carboxylic acids is 1. The third-order valence-electron chi connectivity index (χ3n) is 6.37. The molecule has 1 aliphatic rings. The monoisotopic (exact) mass is 586 g/mol. The molecule has 1 saturated heterocycles. The number of ether oxygens (including phenoxy) is 3. The summed E-state index contributed by atoms with van der Waals surface area (Å²) in [6.45, 7) is -0.561. The largest absolute Gasteiger partial charge is 0.508 e. The second-order valence-corrected chi connectivity index (χ2v) is 9.24. The van der Waals surface area contributed by atoms with E-state index in [1.807, 2.05) is 0 Å². The van der Waals surface area contributed by atoms with Gasteiger partial charge in [0.05, 0.1) is 12.2 Å². The van der Waals surface area contributed by atoms with Crippen LogP contribution in [0.15, 0.2) is 51.7 Å². The van der Waals surface area contributed by atoms with Gasteiger partial charge >= 0.3 is 5.97 Å². The number of aliphatic hydroxyl groups excluding tert-OH is 2. The van der Waals surface area contributed by atoms with Crippen molar-refractivity contribution in [1.82, 2.24) is 0 Å². The lowest BCUT2D eigenvalue weighted by atomic mass is 10.0. The summed E-state index contributed by atoms with van der Waals surface area (Å²) in [7, 11) is 0. The van der Waals surface area contributed by atoms with E-state index in [1.165, 1.54) is 6.07 Å². The van der Waals surface area contributed by atoms with Crippen LogP contribution in [0, 0.1) is 0 Å². The summed E-state index contributed by atoms with van der Waals surface area (Å²) < 4.78 is 22.1. The number of hydrogen-bond acceptors (Lipinski definition) is 15. The highest BCUT2D eigenvalue weighted by molar-refractivity contribution is 5.91. The summed E-state index contributed by atoms with van der Waals surface area (Å²) in [4.78, 5) is 26.4. The van der Waals surface area contributed by atoms with E-state index in [0.717, 1.165) is 36.4 Å². The first-order valence-electron chi connectivity index (χ1n) is 12.0. The average Bonchev–Trinajstić information content (AvgIpc) is 2.93. The molecule has 5 rings (SSSR count). The van der Waals surface area contributed by atoms with Crippen LogP contribution in [-0.4, -0.2) is 83.1 Å². The van der Waals surface area contributed by atoms with Gasteiger partial charge in [0.1, 0.15) is 34.7 Å². The second kappa shape index (κ2) is 10.5. The SMILES string of the molecule is O=C(O[C@@H]1C(O)[C@@H](O)CO[C@H]1Oc1c(-c2ccc(O)c(O)c2)oc2cc(O)cc(O)c2c1=O)c1cc(O)c(O)c(O)c1. The Balaban J connectivity index is 1.60. The number of phenols is 7. The molecule has 1 fully saturated rings. The summed E-state index contributed by atoms with van der Waals surface area (Å²) >= 11 is 0. The van der Waals surface area contributed by atoms with Crippen LogP contribution >= 0.6 is 0 Å². The maximum absolute atomic E-state index is 13.6. The van der Waals surface area contributed by atoms with Crippen LogP contribution in [0.1, 0.15) is 10.4 Å². The third-order valence-corrected chi connectivity index (χ3v) is 6.37. The molecule has 0 amide bonds. The van der Waals surface area contributed by atoms with Crippen molar-refractivity contribution in [3.63, 3.8) is 0 Å². The zero-order valence-corrected chi connectivity index (χ0v) is 21.0. The summed E-state index contributed by atoms with van der Waals surface area (Å²) in [6, 6.07) is 6.71. The predicted octanol–water partition coefficient (Wildman–Crippen LogP) is 1.08. The fraction of sp³-hybridized carbons (Fsp3) is 0.185. The normalized spacial score (nSPS) is 20.3. The molecule has 0 saturated carbocycles. The molecule has 0 bridgehead atoms. The second-order valence-electron chi connectivity index (χ2n) is 9.24. The van der Waals surface area contributed by atoms with Gasteiger partial charge in [-0.05, 0) is 30.3 Å². The van der Waals surface area contributed by atoms with Gasteiger partial charge in [0, 0.05) is 17.7 Å². The Bertz CT molecular complexity index is 1740. The fourth-order valence-corrected chi connectivity index (χ4v) is 4.25. The maximum atomic E-state index is 13.6. The molecule has 42 heavy (non-hydrogen) atoms. The Kier molecular flexibility index (Phi) is 7.07. The van der Waals surface area contributed by atoms with Gasteiger partial charge in [-0.3, -0.25) is 4.79 Å². The van der Waals surface area contributed by atoms with Crippen LogP contribution < -0.4 is 10.2 Å². The van der Waals surface area contributed by atoms with Crippen molar-refractivity contribution in [2.24, 2.45) is 0 Å². The zero-order chi connectivity index (χ0) is 30.5. The van der Waals surface area contributed by atoms with Gasteiger partial charge in [-0.2, -0.15) is 0 Å². The highest BCUT2D eigenvalue weighted by Crippen LogP contribution is 2.40. The van der Waals surface area contributed by atoms with Crippen LogP contribution in [0.3, 0.4) is 0 Å². The number of fused-ring (bicyclic) bond motifs is 1. The van der Waals surface area contributed by atoms with Gasteiger partial charge in [-0.1, -0.05) is 0 Å². The van der Waals surface area contributed by atoms with Crippen molar-refractivity contribution in [1.29, 1.82) is 0 Å². The van der Waals surface area contributed by atoms with Crippen molar-refractivity contribution in [2.45, 2.75) is 24.6 Å². The fourth-order valence-electron chi connectivity index (χ4n) is 4.25. The van der Waals surface area contributed by atoms with Gasteiger partial charge in [0.25, 0.3) is 0 Å². The summed E-state index contributed by atoms with van der Waals surface area (Å²) in [5.74, 6) is -7.28. The molecule has 0 spiro atoms. The quantitative estimate of drug-likeness (QED) is 0.117. The molecule has 15 heteroatoms. The van der Waals surface area contributed by atoms with Crippen LogP contribution in [0.5, 0.6) is 46.0 Å². The van der Waals surface area contributed by atoms with Gasteiger partial charge in [0.15, 0.2) is 40.6 Å². The molecule has 0 radical (unpaired) electrons. The first-order valence-corrected chi connectivity index (χ1v) is 12.0. The van der Waals surface area contributed by atoms with Crippen molar-refractivity contribution in [3.05, 3.63) is 58.3 Å². The Morgan fingerprint density at radius 1 is 0.833 bits per heavy atom. The molecule has 15 nitrogen and oxygen atoms in total. The summed E-state index contributed by atoms with van der Waals surface area (Å²) in [5.41, 5.74) is -1.85. The average molecular weight is 586 g/mol. The Morgan fingerprint density at radius 2 is 1.52 bits per heavy atom. The molecule has 1 aromatic heterocycles. The molecule has 0 aliphatic carbocycles. The lowest BCUT2D eigenvalue weighted by molar-refractivity contribution is -0.241. The highest BCUT2D eigenvalue weighted by atomic mass is 16.7. The number of phenolic OH excluding ortho intramolecular Hbond substituents is 7. The standard InChI is InChI=1S/C27H22O15/c28-11-6-14(31)19-18(7-11)40-23(9-1-2-12(29)13(30)3-9)24(22(19)37)42-27-25(21(36)17(34)8-39-27)41-26(38)10-4-15(32)20(35)16(33)5-10/h1-7,17,21,25,27-36H,8H2/t17-,21?,25+,27-/m0/s1. The van der Waals surface area contributed by atoms with E-state index in [4.69, 9.17) is 18.6 Å². The van der Waals surface area contributed by atoms with Crippen molar-refractivity contribution < 1.29 is 69.4 Å².